The molecule has 0 bridgehead atoms. The van der Waals surface area contributed by atoms with Crippen molar-refractivity contribution in [2.75, 3.05) is 5.73 Å². The molecule has 0 aromatic carbocycles. The van der Waals surface area contributed by atoms with Crippen LogP contribution < -0.4 is 5.73 Å². The van der Waals surface area contributed by atoms with Crippen LogP contribution >= 0.6 is 0 Å². The second-order valence-electron chi connectivity index (χ2n) is 3.83. The molecule has 64 valence electrons. The zero-order valence-electron chi connectivity index (χ0n) is 7.83. The third kappa shape index (κ3) is 1.77. The molecule has 1 aromatic heterocycles. The second-order valence-corrected chi connectivity index (χ2v) is 4.69. The van der Waals surface area contributed by atoms with E-state index >= 15 is 0 Å². The molecular weight excluding hydrogens is 165 g/mol. The van der Waals surface area contributed by atoms with Gasteiger partial charge in [-0.05, 0) is 0 Å². The van der Waals surface area contributed by atoms with Gasteiger partial charge >= 0.3 is 78.6 Å². The van der Waals surface area contributed by atoms with E-state index in [0.717, 1.165) is 11.5 Å². The molecule has 0 aliphatic carbocycles. The van der Waals surface area contributed by atoms with Crippen molar-refractivity contribution in [3.8, 4) is 0 Å². The summed E-state index contributed by atoms with van der Waals surface area (Å²) < 4.78 is 1.79. The quantitative estimate of drug-likeness (QED) is 0.644. The molecule has 0 aliphatic heterocycles. The van der Waals surface area contributed by atoms with Gasteiger partial charge in [0.15, 0.2) is 0 Å². The molecule has 1 rings (SSSR count). The monoisotopic (exact) mass is 179 g/mol. The van der Waals surface area contributed by atoms with Gasteiger partial charge < -0.3 is 0 Å². The Morgan fingerprint density at radius 3 is 2.42 bits per heavy atom. The number of nitrogens with two attached hydrogens (primary N) is 1. The third-order valence-corrected chi connectivity index (χ3v) is 2.47. The Bertz CT molecular complexity index is 296. The molecular formula is C8H14AlN3. The van der Waals surface area contributed by atoms with E-state index in [1.165, 1.54) is 0 Å². The van der Waals surface area contributed by atoms with Gasteiger partial charge in [0.1, 0.15) is 0 Å². The number of rotatable bonds is 1. The van der Waals surface area contributed by atoms with E-state index < -0.39 is 0 Å². The standard InChI is InChI=1S/C7H12N3.CH2.Al/c1-7(2,3)5-4-6(8)10-9-5;;/h4H,1-3H3,(H2-,8,9,10);1H2;/q-1;;+1. The molecule has 0 unspecified atom stereocenters. The van der Waals surface area contributed by atoms with Crippen molar-refractivity contribution < 1.29 is 0 Å². The van der Waals surface area contributed by atoms with Crippen molar-refractivity contribution in [3.05, 3.63) is 11.8 Å². The van der Waals surface area contributed by atoms with Gasteiger partial charge in [0.25, 0.3) is 0 Å². The number of hydrogen-bond donors (Lipinski definition) is 1. The van der Waals surface area contributed by atoms with Gasteiger partial charge in [-0.1, -0.05) is 0 Å². The number of aromatic nitrogens is 2. The molecule has 1 aromatic rings. The summed E-state index contributed by atoms with van der Waals surface area (Å²) in [5.74, 6) is 0.727. The molecule has 0 fully saturated rings. The van der Waals surface area contributed by atoms with E-state index in [1.807, 2.05) is 6.07 Å². The van der Waals surface area contributed by atoms with Gasteiger partial charge in [-0.25, -0.2) is 0 Å². The van der Waals surface area contributed by atoms with Crippen molar-refractivity contribution in [3.63, 3.8) is 0 Å². The Kier molecular flexibility index (Phi) is 2.41. The van der Waals surface area contributed by atoms with E-state index in [4.69, 9.17) is 5.73 Å². The Morgan fingerprint density at radius 1 is 1.58 bits per heavy atom. The van der Waals surface area contributed by atoms with Crippen LogP contribution in [0, 0.1) is 0 Å². The maximum atomic E-state index is 5.73. The molecule has 0 atom stereocenters. The molecule has 0 radical (unpaired) electrons. The summed E-state index contributed by atoms with van der Waals surface area (Å²) in [5.41, 5.74) is 6.85. The van der Waals surface area contributed by atoms with Crippen LogP contribution in [0.1, 0.15) is 26.5 Å². The normalized spacial score (nSPS) is 11.2. The fraction of sp³-hybridized carbons (Fsp3) is 0.500. The SMILES string of the molecule is [CH2]=[Al][n]1nc(C(C)(C)C)cc1N. The van der Waals surface area contributed by atoms with Crippen LogP contribution in [0.5, 0.6) is 0 Å². The van der Waals surface area contributed by atoms with Crippen molar-refractivity contribution in [2.24, 2.45) is 0 Å². The van der Waals surface area contributed by atoms with Crippen LogP contribution in [0.2, 0.25) is 0 Å². The van der Waals surface area contributed by atoms with Gasteiger partial charge in [-0.3, -0.25) is 0 Å². The van der Waals surface area contributed by atoms with Crippen LogP contribution in [0.3, 0.4) is 0 Å². The average molecular weight is 179 g/mol. The summed E-state index contributed by atoms with van der Waals surface area (Å²) in [4.78, 5) is 0. The first kappa shape index (κ1) is 9.50. The molecule has 1 heterocycles. The van der Waals surface area contributed by atoms with Gasteiger partial charge in [-0.15, -0.1) is 0 Å². The summed E-state index contributed by atoms with van der Waals surface area (Å²) in [6, 6.07) is 1.93. The van der Waals surface area contributed by atoms with E-state index in [1.54, 1.807) is 3.67 Å². The van der Waals surface area contributed by atoms with Gasteiger partial charge in [0, 0.05) is 0 Å². The summed E-state index contributed by atoms with van der Waals surface area (Å²) in [6.07, 6.45) is 0. The zero-order chi connectivity index (χ0) is 9.35. The molecule has 0 amide bonds. The van der Waals surface area contributed by atoms with E-state index in [9.17, 15) is 0 Å². The topological polar surface area (TPSA) is 43.8 Å². The number of nitrogen functional groups attached to an aromatic ring is 1. The van der Waals surface area contributed by atoms with Crippen LogP contribution in [-0.4, -0.2) is 29.2 Å². The summed E-state index contributed by atoms with van der Waals surface area (Å²) in [6.45, 7) is 6.37. The molecule has 0 saturated carbocycles. The molecule has 0 spiro atoms. The van der Waals surface area contributed by atoms with E-state index in [0.29, 0.717) is 0 Å². The van der Waals surface area contributed by atoms with Crippen molar-refractivity contribution >= 4 is 26.2 Å². The first-order valence-corrected chi connectivity index (χ1v) is 5.26. The molecule has 3 nitrogen and oxygen atoms in total. The number of hydrogen-bond acceptors (Lipinski definition) is 2. The van der Waals surface area contributed by atoms with Crippen LogP contribution in [0.25, 0.3) is 0 Å². The fourth-order valence-electron chi connectivity index (χ4n) is 0.922. The van der Waals surface area contributed by atoms with Gasteiger partial charge in [-0.2, -0.15) is 0 Å². The Morgan fingerprint density at radius 2 is 2.17 bits per heavy atom. The minimum atomic E-state index is -0.0925. The minimum absolute atomic E-state index is 0.0774. The van der Waals surface area contributed by atoms with Crippen molar-refractivity contribution in [2.45, 2.75) is 26.2 Å². The number of nitrogens with zero attached hydrogens (tertiary/aromatic N) is 2. The van der Waals surface area contributed by atoms with E-state index in [-0.39, 0.29) is 20.4 Å². The Hall–Kier alpha value is -0.588. The third-order valence-electron chi connectivity index (χ3n) is 1.71. The predicted molar refractivity (Wildman–Crippen MR) is 53.6 cm³/mol. The summed E-state index contributed by atoms with van der Waals surface area (Å²) in [7, 11) is 0. The van der Waals surface area contributed by atoms with E-state index in [2.05, 4.69) is 31.3 Å². The average Bonchev–Trinajstić information content (AvgIpc) is 2.29. The van der Waals surface area contributed by atoms with Gasteiger partial charge in [0.2, 0.25) is 0 Å². The van der Waals surface area contributed by atoms with Crippen LogP contribution in [0.4, 0.5) is 5.82 Å². The van der Waals surface area contributed by atoms with Crippen molar-refractivity contribution in [1.82, 2.24) is 8.76 Å². The Labute approximate surface area is 79.0 Å². The maximum absolute atomic E-state index is 5.73. The second kappa shape index (κ2) is 3.04. The fourth-order valence-corrected chi connectivity index (χ4v) is 1.41. The summed E-state index contributed by atoms with van der Waals surface area (Å²) >= 11 is -0.0925. The first-order chi connectivity index (χ1) is 5.45. The molecule has 0 aliphatic rings. The zero-order valence-corrected chi connectivity index (χ0v) is 8.99. The molecule has 2 N–H and O–H groups in total. The van der Waals surface area contributed by atoms with Crippen LogP contribution in [0.15, 0.2) is 6.07 Å². The molecule has 0 saturated heterocycles. The Balaban J connectivity index is 3.13. The van der Waals surface area contributed by atoms with Crippen molar-refractivity contribution in [1.29, 1.82) is 0 Å². The number of anilines is 1. The molecule has 12 heavy (non-hydrogen) atoms. The predicted octanol–water partition coefficient (Wildman–Crippen LogP) is 0.662. The summed E-state index contributed by atoms with van der Waals surface area (Å²) in [5, 5.41) is 8.18. The van der Waals surface area contributed by atoms with Crippen LogP contribution in [-0.2, 0) is 5.41 Å². The first-order valence-electron chi connectivity index (χ1n) is 3.93. The molecule has 4 heteroatoms. The van der Waals surface area contributed by atoms with Gasteiger partial charge in [0.05, 0.1) is 0 Å².